The van der Waals surface area contributed by atoms with Crippen molar-refractivity contribution in [1.82, 2.24) is 24.8 Å². The predicted molar refractivity (Wildman–Crippen MR) is 136 cm³/mol. The molecule has 1 saturated heterocycles. The smallest absolute Gasteiger partial charge is 0.274 e. The van der Waals surface area contributed by atoms with E-state index in [0.29, 0.717) is 17.8 Å². The molecule has 9 nitrogen and oxygen atoms in total. The maximum absolute atomic E-state index is 12.4. The van der Waals surface area contributed by atoms with E-state index >= 15 is 0 Å². The van der Waals surface area contributed by atoms with Crippen LogP contribution in [-0.4, -0.2) is 56.9 Å². The van der Waals surface area contributed by atoms with Gasteiger partial charge >= 0.3 is 0 Å². The minimum absolute atomic E-state index is 0.0398. The van der Waals surface area contributed by atoms with Crippen LogP contribution in [0, 0.1) is 0 Å². The average molecular weight is 470 g/mol. The monoisotopic (exact) mass is 469 g/mol. The molecule has 1 amide bonds. The second kappa shape index (κ2) is 10.0. The van der Waals surface area contributed by atoms with Gasteiger partial charge in [-0.05, 0) is 48.4 Å². The largest absolute Gasteiger partial charge is 0.368 e. The Labute approximate surface area is 202 Å². The Morgan fingerprint density at radius 2 is 1.83 bits per heavy atom. The van der Waals surface area contributed by atoms with Crippen LogP contribution in [0.4, 0.5) is 11.4 Å². The Balaban J connectivity index is 1.17. The van der Waals surface area contributed by atoms with Crippen molar-refractivity contribution in [3.63, 3.8) is 0 Å². The van der Waals surface area contributed by atoms with Crippen LogP contribution in [-0.2, 0) is 13.0 Å². The van der Waals surface area contributed by atoms with Gasteiger partial charge in [0.15, 0.2) is 0 Å². The van der Waals surface area contributed by atoms with Crippen molar-refractivity contribution < 1.29 is 4.79 Å². The summed E-state index contributed by atoms with van der Waals surface area (Å²) < 4.78 is 0. The molecular formula is C26H27N7O2. The van der Waals surface area contributed by atoms with Crippen molar-refractivity contribution >= 4 is 28.3 Å². The number of hydrogen-bond donors (Lipinski definition) is 2. The Kier molecular flexibility index (Phi) is 6.49. The van der Waals surface area contributed by atoms with Crippen molar-refractivity contribution in [3.05, 3.63) is 88.4 Å². The minimum atomic E-state index is -0.246. The molecule has 2 N–H and O–H groups in total. The van der Waals surface area contributed by atoms with E-state index in [9.17, 15) is 9.59 Å². The maximum Gasteiger partial charge on any atom is 0.274 e. The first-order valence-electron chi connectivity index (χ1n) is 11.7. The quantitative estimate of drug-likeness (QED) is 0.447. The Bertz CT molecular complexity index is 1380. The maximum atomic E-state index is 12.4. The van der Waals surface area contributed by atoms with Gasteiger partial charge in [-0.3, -0.25) is 24.5 Å². The van der Waals surface area contributed by atoms with Crippen LogP contribution >= 0.6 is 0 Å². The van der Waals surface area contributed by atoms with E-state index in [1.165, 1.54) is 0 Å². The van der Waals surface area contributed by atoms with Gasteiger partial charge in [0.2, 0.25) is 0 Å². The Morgan fingerprint density at radius 1 is 1.03 bits per heavy atom. The first kappa shape index (κ1) is 22.7. The second-order valence-electron chi connectivity index (χ2n) is 8.61. The minimum Gasteiger partial charge on any atom is -0.368 e. The number of hydrogen-bond acceptors (Lipinski definition) is 7. The summed E-state index contributed by atoms with van der Waals surface area (Å²) in [5, 5.41) is 2.82. The Hall–Kier alpha value is -4.11. The molecule has 178 valence electrons. The molecule has 0 aliphatic carbocycles. The zero-order valence-corrected chi connectivity index (χ0v) is 19.6. The van der Waals surface area contributed by atoms with Gasteiger partial charge in [-0.2, -0.15) is 0 Å². The van der Waals surface area contributed by atoms with E-state index in [4.69, 9.17) is 0 Å². The van der Waals surface area contributed by atoms with Gasteiger partial charge in [-0.25, -0.2) is 4.98 Å². The number of fused-ring (bicyclic) bond motifs is 1. The third-order valence-corrected chi connectivity index (χ3v) is 6.27. The number of anilines is 2. The summed E-state index contributed by atoms with van der Waals surface area (Å²) in [6.45, 7) is 6.27. The van der Waals surface area contributed by atoms with Gasteiger partial charge in [-0.1, -0.05) is 6.92 Å². The number of rotatable bonds is 6. The normalized spacial score (nSPS) is 14.3. The van der Waals surface area contributed by atoms with E-state index < -0.39 is 0 Å². The summed E-state index contributed by atoms with van der Waals surface area (Å²) in [6, 6.07) is 11.1. The van der Waals surface area contributed by atoms with Gasteiger partial charge in [0, 0.05) is 62.6 Å². The van der Waals surface area contributed by atoms with Gasteiger partial charge in [0.05, 0.1) is 22.9 Å². The van der Waals surface area contributed by atoms with Crippen LogP contribution in [0.25, 0.3) is 11.0 Å². The third-order valence-electron chi connectivity index (χ3n) is 6.27. The molecule has 0 unspecified atom stereocenters. The zero-order chi connectivity index (χ0) is 24.2. The molecule has 0 bridgehead atoms. The summed E-state index contributed by atoms with van der Waals surface area (Å²) in [4.78, 5) is 45.0. The molecule has 1 aliphatic rings. The molecule has 4 aromatic rings. The number of piperazine rings is 1. The molecule has 1 aliphatic heterocycles. The number of H-pyrrole nitrogens is 1. The lowest BCUT2D eigenvalue weighted by molar-refractivity contribution is 0.102. The van der Waals surface area contributed by atoms with E-state index in [1.807, 2.05) is 31.3 Å². The molecule has 9 heteroatoms. The number of aromatic amines is 1. The summed E-state index contributed by atoms with van der Waals surface area (Å²) in [6.07, 6.45) is 7.60. The number of amides is 1. The van der Waals surface area contributed by atoms with Gasteiger partial charge in [0.25, 0.3) is 11.5 Å². The van der Waals surface area contributed by atoms with E-state index in [1.54, 1.807) is 36.8 Å². The van der Waals surface area contributed by atoms with Crippen molar-refractivity contribution in [3.8, 4) is 0 Å². The van der Waals surface area contributed by atoms with E-state index in [0.717, 1.165) is 60.6 Å². The fourth-order valence-electron chi connectivity index (χ4n) is 4.28. The number of aromatic nitrogens is 4. The van der Waals surface area contributed by atoms with Crippen molar-refractivity contribution in [1.29, 1.82) is 0 Å². The van der Waals surface area contributed by atoms with E-state index in [-0.39, 0.29) is 11.5 Å². The molecule has 0 aromatic carbocycles. The van der Waals surface area contributed by atoms with Gasteiger partial charge in [0.1, 0.15) is 5.69 Å². The fraction of sp³-hybridized carbons (Fsp3) is 0.269. The molecule has 1 fully saturated rings. The summed E-state index contributed by atoms with van der Waals surface area (Å²) in [5.41, 5.74) is 5.46. The van der Waals surface area contributed by atoms with Crippen LogP contribution in [0.2, 0.25) is 0 Å². The van der Waals surface area contributed by atoms with Gasteiger partial charge < -0.3 is 15.2 Å². The van der Waals surface area contributed by atoms with Crippen LogP contribution in [0.15, 0.2) is 66.0 Å². The molecule has 5 rings (SSSR count). The highest BCUT2D eigenvalue weighted by atomic mass is 16.2. The van der Waals surface area contributed by atoms with Crippen LogP contribution in [0.5, 0.6) is 0 Å². The molecule has 5 heterocycles. The molecule has 35 heavy (non-hydrogen) atoms. The molecule has 0 radical (unpaired) electrons. The van der Waals surface area contributed by atoms with Crippen LogP contribution < -0.4 is 15.8 Å². The molecule has 0 spiro atoms. The van der Waals surface area contributed by atoms with Crippen molar-refractivity contribution in [2.75, 3.05) is 36.4 Å². The lowest BCUT2D eigenvalue weighted by Gasteiger charge is -2.36. The fourth-order valence-corrected chi connectivity index (χ4v) is 4.28. The number of carbonyl (C=O) groups is 1. The number of nitrogens with one attached hydrogen (secondary N) is 2. The topological polar surface area (TPSA) is 107 Å². The van der Waals surface area contributed by atoms with Crippen LogP contribution in [0.1, 0.15) is 28.5 Å². The van der Waals surface area contributed by atoms with Crippen molar-refractivity contribution in [2.24, 2.45) is 0 Å². The third kappa shape index (κ3) is 5.20. The molecule has 0 saturated carbocycles. The summed E-state index contributed by atoms with van der Waals surface area (Å²) >= 11 is 0. The van der Waals surface area contributed by atoms with Gasteiger partial charge in [-0.15, -0.1) is 0 Å². The van der Waals surface area contributed by atoms with Crippen LogP contribution in [0.3, 0.4) is 0 Å². The number of nitrogens with zero attached hydrogens (tertiary/aromatic N) is 5. The SMILES string of the molecule is CCc1cc2ncc(CN3CCN(c4ccc(C(=O)Nc5ccncc5)nc4)CC3)cc2[nH]c1=O. The first-order valence-corrected chi connectivity index (χ1v) is 11.7. The number of carbonyl (C=O) groups excluding carboxylic acids is 1. The average Bonchev–Trinajstić information content (AvgIpc) is 2.89. The number of aryl methyl sites for hydroxylation is 1. The molecular weight excluding hydrogens is 442 g/mol. The standard InChI is InChI=1S/C26H27N7O2/c1-2-19-14-23-24(31-25(19)34)13-18(15-28-23)17-32-9-11-33(12-10-32)21-3-4-22(29-16-21)26(35)30-20-5-7-27-8-6-20/h3-8,13-16H,2,9-12,17H2,1H3,(H,31,34)(H,27,30,35). The molecule has 0 atom stereocenters. The predicted octanol–water partition coefficient (Wildman–Crippen LogP) is 2.85. The summed E-state index contributed by atoms with van der Waals surface area (Å²) in [5.74, 6) is -0.246. The molecule has 4 aromatic heterocycles. The zero-order valence-electron chi connectivity index (χ0n) is 19.6. The lowest BCUT2D eigenvalue weighted by atomic mass is 10.1. The highest BCUT2D eigenvalue weighted by molar-refractivity contribution is 6.02. The Morgan fingerprint density at radius 3 is 2.54 bits per heavy atom. The van der Waals surface area contributed by atoms with Crippen molar-refractivity contribution in [2.45, 2.75) is 19.9 Å². The number of pyridine rings is 4. The van der Waals surface area contributed by atoms with E-state index in [2.05, 4.69) is 35.1 Å². The first-order chi connectivity index (χ1) is 17.1. The lowest BCUT2D eigenvalue weighted by Crippen LogP contribution is -2.46. The highest BCUT2D eigenvalue weighted by Crippen LogP contribution is 2.18. The summed E-state index contributed by atoms with van der Waals surface area (Å²) in [7, 11) is 0. The highest BCUT2D eigenvalue weighted by Gasteiger charge is 2.19. The second-order valence-corrected chi connectivity index (χ2v) is 8.61.